The molecule has 2 aromatic carbocycles. The van der Waals surface area contributed by atoms with E-state index in [2.05, 4.69) is 0 Å². The van der Waals surface area contributed by atoms with Crippen molar-refractivity contribution in [2.75, 3.05) is 32.8 Å². The minimum absolute atomic E-state index is 0.0809. The van der Waals surface area contributed by atoms with Crippen molar-refractivity contribution >= 4 is 17.8 Å². The smallest absolute Gasteiger partial charge is 0.308 e. The molecule has 0 atom stereocenters. The highest BCUT2D eigenvalue weighted by Gasteiger charge is 2.25. The van der Waals surface area contributed by atoms with Gasteiger partial charge in [0.25, 0.3) is 5.91 Å². The Hall–Kier alpha value is -3.35. The van der Waals surface area contributed by atoms with E-state index in [9.17, 15) is 14.4 Å². The molecule has 0 unspecified atom stereocenters. The number of rotatable bonds is 7. The average Bonchev–Trinajstić information content (AvgIpc) is 2.77. The number of carbonyl (C=O) groups excluding carboxylic acids is 3. The molecule has 3 rings (SSSR count). The molecule has 2 amide bonds. The molecular formula is C24H28N2O5. The number of benzene rings is 2. The van der Waals surface area contributed by atoms with Crippen molar-refractivity contribution in [2.24, 2.45) is 0 Å². The highest BCUT2D eigenvalue weighted by atomic mass is 16.5. The molecule has 7 heteroatoms. The Morgan fingerprint density at radius 1 is 0.935 bits per heavy atom. The Balaban J connectivity index is 1.42. The van der Waals surface area contributed by atoms with E-state index < -0.39 is 5.97 Å². The van der Waals surface area contributed by atoms with Gasteiger partial charge >= 0.3 is 5.97 Å². The molecule has 7 nitrogen and oxygen atoms in total. The average molecular weight is 424 g/mol. The van der Waals surface area contributed by atoms with Crippen LogP contribution in [0.3, 0.4) is 0 Å². The van der Waals surface area contributed by atoms with E-state index in [4.69, 9.17) is 9.47 Å². The Bertz CT molecular complexity index is 935. The van der Waals surface area contributed by atoms with E-state index in [0.29, 0.717) is 56.9 Å². The van der Waals surface area contributed by atoms with Gasteiger partial charge in [0.1, 0.15) is 11.5 Å². The molecule has 1 aliphatic heterocycles. The number of hydrogen-bond acceptors (Lipinski definition) is 5. The number of nitrogens with zero attached hydrogens (tertiary/aromatic N) is 2. The predicted octanol–water partition coefficient (Wildman–Crippen LogP) is 3.06. The SMILES string of the molecule is CC(=O)Oc1cccc(C(=O)N2CCN(C(=O)CCCOc3ccccc3C)CC2)c1. The number of esters is 1. The molecule has 1 saturated heterocycles. The number of amides is 2. The van der Waals surface area contributed by atoms with Crippen molar-refractivity contribution in [3.05, 3.63) is 59.7 Å². The standard InChI is InChI=1S/C24H28N2O5/c1-18-7-3-4-10-22(18)30-16-6-11-23(28)25-12-14-26(15-13-25)24(29)20-8-5-9-21(17-20)31-19(2)27/h3-5,7-10,17H,6,11-16H2,1-2H3. The lowest BCUT2D eigenvalue weighted by Crippen LogP contribution is -2.50. The molecule has 0 spiro atoms. The third kappa shape index (κ3) is 6.31. The van der Waals surface area contributed by atoms with Crippen LogP contribution >= 0.6 is 0 Å². The highest BCUT2D eigenvalue weighted by Crippen LogP contribution is 2.18. The van der Waals surface area contributed by atoms with Crippen LogP contribution in [0.25, 0.3) is 0 Å². The van der Waals surface area contributed by atoms with Crippen LogP contribution in [0.4, 0.5) is 0 Å². The van der Waals surface area contributed by atoms with Gasteiger partial charge in [0.15, 0.2) is 0 Å². The summed E-state index contributed by atoms with van der Waals surface area (Å²) in [4.78, 5) is 39.9. The second kappa shape index (κ2) is 10.6. The van der Waals surface area contributed by atoms with Gasteiger partial charge in [-0.2, -0.15) is 0 Å². The lowest BCUT2D eigenvalue weighted by atomic mass is 10.1. The monoisotopic (exact) mass is 424 g/mol. The van der Waals surface area contributed by atoms with Crippen LogP contribution in [0.1, 0.15) is 35.7 Å². The summed E-state index contributed by atoms with van der Waals surface area (Å²) < 4.78 is 10.8. The molecule has 0 aromatic heterocycles. The maximum Gasteiger partial charge on any atom is 0.308 e. The summed E-state index contributed by atoms with van der Waals surface area (Å²) in [5.41, 5.74) is 1.54. The lowest BCUT2D eigenvalue weighted by molar-refractivity contribution is -0.133. The summed E-state index contributed by atoms with van der Waals surface area (Å²) in [6.07, 6.45) is 1.07. The zero-order chi connectivity index (χ0) is 22.2. The normalized spacial score (nSPS) is 13.6. The Morgan fingerprint density at radius 2 is 1.65 bits per heavy atom. The minimum Gasteiger partial charge on any atom is -0.493 e. The summed E-state index contributed by atoms with van der Waals surface area (Å²) in [5, 5.41) is 0. The van der Waals surface area contributed by atoms with Crippen LogP contribution in [-0.2, 0) is 9.59 Å². The van der Waals surface area contributed by atoms with Crippen LogP contribution in [0.5, 0.6) is 11.5 Å². The summed E-state index contributed by atoms with van der Waals surface area (Å²) in [7, 11) is 0. The summed E-state index contributed by atoms with van der Waals surface area (Å²) in [6, 6.07) is 14.4. The van der Waals surface area contributed by atoms with Crippen molar-refractivity contribution < 1.29 is 23.9 Å². The third-order valence-electron chi connectivity index (χ3n) is 5.15. The van der Waals surface area contributed by atoms with Gasteiger partial charge in [-0.05, 0) is 43.2 Å². The van der Waals surface area contributed by atoms with Crippen LogP contribution < -0.4 is 9.47 Å². The molecule has 0 N–H and O–H groups in total. The van der Waals surface area contributed by atoms with Gasteiger partial charge in [0.2, 0.25) is 5.91 Å². The maximum absolute atomic E-state index is 12.8. The molecule has 0 bridgehead atoms. The van der Waals surface area contributed by atoms with Gasteiger partial charge in [0.05, 0.1) is 6.61 Å². The highest BCUT2D eigenvalue weighted by molar-refractivity contribution is 5.95. The zero-order valence-electron chi connectivity index (χ0n) is 18.0. The molecule has 1 fully saturated rings. The number of para-hydroxylation sites is 1. The zero-order valence-corrected chi connectivity index (χ0v) is 18.0. The fourth-order valence-corrected chi connectivity index (χ4v) is 3.48. The van der Waals surface area contributed by atoms with Crippen LogP contribution in [0.15, 0.2) is 48.5 Å². The molecule has 1 aliphatic rings. The van der Waals surface area contributed by atoms with Crippen molar-refractivity contribution in [1.82, 2.24) is 9.80 Å². The summed E-state index contributed by atoms with van der Waals surface area (Å²) in [5.74, 6) is 0.714. The van der Waals surface area contributed by atoms with E-state index in [0.717, 1.165) is 11.3 Å². The van der Waals surface area contributed by atoms with Gasteiger partial charge in [-0.25, -0.2) is 0 Å². The molecule has 0 aliphatic carbocycles. The Kier molecular flexibility index (Phi) is 7.65. The number of piperazine rings is 1. The number of hydrogen-bond donors (Lipinski definition) is 0. The quantitative estimate of drug-likeness (QED) is 0.388. The second-order valence-corrected chi connectivity index (χ2v) is 7.51. The van der Waals surface area contributed by atoms with Gasteiger partial charge < -0.3 is 19.3 Å². The molecule has 164 valence electrons. The van der Waals surface area contributed by atoms with Crippen molar-refractivity contribution in [1.29, 1.82) is 0 Å². The number of aryl methyl sites for hydroxylation is 1. The first kappa shape index (κ1) is 22.3. The molecule has 1 heterocycles. The van der Waals surface area contributed by atoms with E-state index in [1.54, 1.807) is 34.1 Å². The molecule has 0 radical (unpaired) electrons. The van der Waals surface area contributed by atoms with E-state index in [1.807, 2.05) is 31.2 Å². The fraction of sp³-hybridized carbons (Fsp3) is 0.375. The Morgan fingerprint density at radius 3 is 2.35 bits per heavy atom. The molecule has 0 saturated carbocycles. The predicted molar refractivity (Wildman–Crippen MR) is 116 cm³/mol. The van der Waals surface area contributed by atoms with Gasteiger partial charge in [-0.1, -0.05) is 24.3 Å². The topological polar surface area (TPSA) is 76.2 Å². The molecular weight excluding hydrogens is 396 g/mol. The molecule has 31 heavy (non-hydrogen) atoms. The fourth-order valence-electron chi connectivity index (χ4n) is 3.48. The number of carbonyl (C=O) groups is 3. The van der Waals surface area contributed by atoms with E-state index in [1.165, 1.54) is 6.92 Å². The van der Waals surface area contributed by atoms with Crippen LogP contribution in [0, 0.1) is 6.92 Å². The minimum atomic E-state index is -0.430. The van der Waals surface area contributed by atoms with E-state index >= 15 is 0 Å². The first-order valence-electron chi connectivity index (χ1n) is 10.5. The number of ether oxygens (including phenoxy) is 2. The summed E-state index contributed by atoms with van der Waals surface area (Å²) >= 11 is 0. The van der Waals surface area contributed by atoms with Gasteiger partial charge in [-0.15, -0.1) is 0 Å². The third-order valence-corrected chi connectivity index (χ3v) is 5.15. The lowest BCUT2D eigenvalue weighted by Gasteiger charge is -2.35. The van der Waals surface area contributed by atoms with Crippen LogP contribution in [0.2, 0.25) is 0 Å². The van der Waals surface area contributed by atoms with Crippen molar-refractivity contribution in [3.63, 3.8) is 0 Å². The van der Waals surface area contributed by atoms with Crippen LogP contribution in [-0.4, -0.2) is 60.4 Å². The summed E-state index contributed by atoms with van der Waals surface area (Å²) in [6.45, 7) is 5.77. The van der Waals surface area contributed by atoms with Crippen molar-refractivity contribution in [2.45, 2.75) is 26.7 Å². The van der Waals surface area contributed by atoms with Crippen molar-refractivity contribution in [3.8, 4) is 11.5 Å². The largest absolute Gasteiger partial charge is 0.493 e. The van der Waals surface area contributed by atoms with Gasteiger partial charge in [0, 0.05) is 45.1 Å². The Labute approximate surface area is 182 Å². The first-order valence-corrected chi connectivity index (χ1v) is 10.5. The molecule has 2 aromatic rings. The first-order chi connectivity index (χ1) is 14.9. The maximum atomic E-state index is 12.8. The van der Waals surface area contributed by atoms with Gasteiger partial charge in [-0.3, -0.25) is 14.4 Å². The second-order valence-electron chi connectivity index (χ2n) is 7.51. The van der Waals surface area contributed by atoms with E-state index in [-0.39, 0.29) is 11.8 Å².